The lowest BCUT2D eigenvalue weighted by molar-refractivity contribution is 0.511. The summed E-state index contributed by atoms with van der Waals surface area (Å²) in [6.07, 6.45) is 3.13. The average molecular weight is 222 g/mol. The zero-order valence-corrected chi connectivity index (χ0v) is 9.70. The van der Waals surface area contributed by atoms with Gasteiger partial charge in [0.2, 0.25) is 0 Å². The van der Waals surface area contributed by atoms with E-state index in [1.807, 2.05) is 7.05 Å². The molecule has 16 heavy (non-hydrogen) atoms. The van der Waals surface area contributed by atoms with Gasteiger partial charge in [-0.2, -0.15) is 5.10 Å². The first-order valence-electron chi connectivity index (χ1n) is 5.70. The minimum atomic E-state index is 0.00644. The zero-order chi connectivity index (χ0) is 11.5. The van der Waals surface area contributed by atoms with E-state index in [4.69, 9.17) is 0 Å². The van der Waals surface area contributed by atoms with Gasteiger partial charge in [0.15, 0.2) is 0 Å². The summed E-state index contributed by atoms with van der Waals surface area (Å²) in [5, 5.41) is 7.37. The Labute approximate surface area is 94.8 Å². The summed E-state index contributed by atoms with van der Waals surface area (Å²) in [5.74, 6) is 0.925. The van der Waals surface area contributed by atoms with Gasteiger partial charge >= 0.3 is 5.69 Å². The zero-order valence-electron chi connectivity index (χ0n) is 9.70. The Morgan fingerprint density at radius 3 is 3.06 bits per heavy atom. The van der Waals surface area contributed by atoms with Crippen LogP contribution < -0.4 is 11.0 Å². The Bertz CT molecular complexity index is 443. The third kappa shape index (κ3) is 2.09. The van der Waals surface area contributed by atoms with Gasteiger partial charge < -0.3 is 5.32 Å². The highest BCUT2D eigenvalue weighted by molar-refractivity contribution is 4.98. The molecule has 0 aliphatic carbocycles. The summed E-state index contributed by atoms with van der Waals surface area (Å²) in [7, 11) is 1.87. The summed E-state index contributed by atoms with van der Waals surface area (Å²) in [6, 6.07) is 0. The molecule has 0 unspecified atom stereocenters. The molecule has 1 aliphatic heterocycles. The SMILES string of the molecule is C=C(CNC)Cn1nc2n(c1=O)CCCC2. The summed E-state index contributed by atoms with van der Waals surface area (Å²) < 4.78 is 3.32. The fraction of sp³-hybridized carbons (Fsp3) is 0.636. The molecule has 0 radical (unpaired) electrons. The van der Waals surface area contributed by atoms with Gasteiger partial charge in [-0.25, -0.2) is 9.48 Å². The normalized spacial score (nSPS) is 14.8. The maximum absolute atomic E-state index is 12.0. The van der Waals surface area contributed by atoms with E-state index in [2.05, 4.69) is 17.0 Å². The quantitative estimate of drug-likeness (QED) is 0.738. The van der Waals surface area contributed by atoms with Crippen molar-refractivity contribution >= 4 is 0 Å². The molecule has 88 valence electrons. The van der Waals surface area contributed by atoms with E-state index in [1.54, 1.807) is 4.57 Å². The predicted molar refractivity (Wildman–Crippen MR) is 62.5 cm³/mol. The fourth-order valence-corrected chi connectivity index (χ4v) is 2.07. The molecule has 0 fully saturated rings. The molecular formula is C11H18N4O. The van der Waals surface area contributed by atoms with E-state index in [0.717, 1.165) is 37.2 Å². The van der Waals surface area contributed by atoms with Crippen molar-refractivity contribution in [2.75, 3.05) is 13.6 Å². The molecule has 1 aliphatic rings. The average Bonchev–Trinajstić information content (AvgIpc) is 2.57. The van der Waals surface area contributed by atoms with Gasteiger partial charge in [-0.3, -0.25) is 4.57 Å². The number of fused-ring (bicyclic) bond motifs is 1. The molecule has 1 aromatic rings. The molecule has 0 spiro atoms. The number of hydrogen-bond donors (Lipinski definition) is 1. The first-order chi connectivity index (χ1) is 7.72. The first-order valence-corrected chi connectivity index (χ1v) is 5.70. The third-order valence-corrected chi connectivity index (χ3v) is 2.83. The second-order valence-electron chi connectivity index (χ2n) is 4.25. The minimum absolute atomic E-state index is 0.00644. The van der Waals surface area contributed by atoms with Gasteiger partial charge in [0.1, 0.15) is 5.82 Å². The maximum atomic E-state index is 12.0. The number of rotatable bonds is 4. The van der Waals surface area contributed by atoms with Gasteiger partial charge in [0, 0.05) is 19.5 Å². The Balaban J connectivity index is 2.19. The maximum Gasteiger partial charge on any atom is 0.346 e. The molecule has 0 saturated heterocycles. The molecule has 0 atom stereocenters. The van der Waals surface area contributed by atoms with Crippen molar-refractivity contribution in [2.45, 2.75) is 32.4 Å². The van der Waals surface area contributed by atoms with Crippen LogP contribution in [-0.2, 0) is 19.5 Å². The number of likely N-dealkylation sites (N-methyl/N-ethyl adjacent to an activating group) is 1. The summed E-state index contributed by atoms with van der Waals surface area (Å²) in [4.78, 5) is 12.0. The Morgan fingerprint density at radius 2 is 2.38 bits per heavy atom. The van der Waals surface area contributed by atoms with Crippen molar-refractivity contribution < 1.29 is 0 Å². The molecule has 0 bridgehead atoms. The molecule has 5 heteroatoms. The van der Waals surface area contributed by atoms with E-state index in [1.165, 1.54) is 4.68 Å². The van der Waals surface area contributed by atoms with Gasteiger partial charge in [-0.05, 0) is 25.5 Å². The van der Waals surface area contributed by atoms with Crippen LogP contribution in [0.25, 0.3) is 0 Å². The van der Waals surface area contributed by atoms with Crippen molar-refractivity contribution in [2.24, 2.45) is 0 Å². The topological polar surface area (TPSA) is 51.9 Å². The van der Waals surface area contributed by atoms with Crippen LogP contribution >= 0.6 is 0 Å². The van der Waals surface area contributed by atoms with Gasteiger partial charge in [-0.1, -0.05) is 6.58 Å². The standard InChI is InChI=1S/C11H18N4O/c1-9(7-12-2)8-15-11(16)14-6-4-3-5-10(14)13-15/h12H,1,3-8H2,2H3. The van der Waals surface area contributed by atoms with Crippen LogP contribution in [0.1, 0.15) is 18.7 Å². The molecule has 1 aromatic heterocycles. The summed E-state index contributed by atoms with van der Waals surface area (Å²) >= 11 is 0. The molecule has 1 N–H and O–H groups in total. The highest BCUT2D eigenvalue weighted by Crippen LogP contribution is 2.09. The first kappa shape index (κ1) is 11.1. The van der Waals surface area contributed by atoms with Crippen LogP contribution in [-0.4, -0.2) is 27.9 Å². The van der Waals surface area contributed by atoms with Crippen molar-refractivity contribution in [3.8, 4) is 0 Å². The number of aromatic nitrogens is 3. The van der Waals surface area contributed by atoms with E-state index in [9.17, 15) is 4.79 Å². The highest BCUT2D eigenvalue weighted by atomic mass is 16.2. The van der Waals surface area contributed by atoms with Crippen molar-refractivity contribution in [3.05, 3.63) is 28.5 Å². The lowest BCUT2D eigenvalue weighted by Crippen LogP contribution is -2.28. The number of hydrogen-bond acceptors (Lipinski definition) is 3. The Kier molecular flexibility index (Phi) is 3.24. The van der Waals surface area contributed by atoms with E-state index >= 15 is 0 Å². The van der Waals surface area contributed by atoms with Gasteiger partial charge in [-0.15, -0.1) is 0 Å². The second-order valence-corrected chi connectivity index (χ2v) is 4.25. The molecule has 5 nitrogen and oxygen atoms in total. The van der Waals surface area contributed by atoms with Crippen LogP contribution in [0.4, 0.5) is 0 Å². The highest BCUT2D eigenvalue weighted by Gasteiger charge is 2.16. The van der Waals surface area contributed by atoms with Crippen LogP contribution in [0.5, 0.6) is 0 Å². The predicted octanol–water partition coefficient (Wildman–Crippen LogP) is 0.157. The molecule has 2 rings (SSSR count). The van der Waals surface area contributed by atoms with Crippen LogP contribution in [0.2, 0.25) is 0 Å². The minimum Gasteiger partial charge on any atom is -0.316 e. The third-order valence-electron chi connectivity index (χ3n) is 2.83. The largest absolute Gasteiger partial charge is 0.346 e. The van der Waals surface area contributed by atoms with Crippen LogP contribution in [0.15, 0.2) is 16.9 Å². The van der Waals surface area contributed by atoms with E-state index in [-0.39, 0.29) is 5.69 Å². The fourth-order valence-electron chi connectivity index (χ4n) is 2.07. The Hall–Kier alpha value is -1.36. The lowest BCUT2D eigenvalue weighted by atomic mass is 10.2. The summed E-state index contributed by atoms with van der Waals surface area (Å²) in [6.45, 7) is 5.96. The molecule has 2 heterocycles. The van der Waals surface area contributed by atoms with E-state index < -0.39 is 0 Å². The van der Waals surface area contributed by atoms with E-state index in [0.29, 0.717) is 13.1 Å². The number of nitrogens with one attached hydrogen (secondary N) is 1. The lowest BCUT2D eigenvalue weighted by Gasteiger charge is -2.09. The molecule has 0 amide bonds. The Morgan fingerprint density at radius 1 is 1.56 bits per heavy atom. The summed E-state index contributed by atoms with van der Waals surface area (Å²) in [5.41, 5.74) is 0.979. The van der Waals surface area contributed by atoms with Gasteiger partial charge in [0.05, 0.1) is 6.54 Å². The van der Waals surface area contributed by atoms with Crippen molar-refractivity contribution in [3.63, 3.8) is 0 Å². The molecule has 0 saturated carbocycles. The van der Waals surface area contributed by atoms with Crippen LogP contribution in [0.3, 0.4) is 0 Å². The van der Waals surface area contributed by atoms with Crippen LogP contribution in [0, 0.1) is 0 Å². The van der Waals surface area contributed by atoms with Crippen molar-refractivity contribution in [1.82, 2.24) is 19.7 Å². The molecular weight excluding hydrogens is 204 g/mol. The number of nitrogens with zero attached hydrogens (tertiary/aromatic N) is 3. The molecule has 0 aromatic carbocycles. The number of aryl methyl sites for hydroxylation is 1. The second kappa shape index (κ2) is 4.65. The smallest absolute Gasteiger partial charge is 0.316 e. The van der Waals surface area contributed by atoms with Gasteiger partial charge in [0.25, 0.3) is 0 Å². The van der Waals surface area contributed by atoms with Crippen molar-refractivity contribution in [1.29, 1.82) is 0 Å². The monoisotopic (exact) mass is 222 g/mol.